The smallest absolute Gasteiger partial charge is 0.288 e. The van der Waals surface area contributed by atoms with E-state index < -0.39 is 16.1 Å². The summed E-state index contributed by atoms with van der Waals surface area (Å²) >= 11 is 3.33. The van der Waals surface area contributed by atoms with Gasteiger partial charge < -0.3 is 0 Å². The van der Waals surface area contributed by atoms with Gasteiger partial charge in [-0.1, -0.05) is 40.2 Å². The first-order chi connectivity index (χ1) is 12.7. The predicted octanol–water partition coefficient (Wildman–Crippen LogP) is 4.94. The number of nitriles is 1. The molecule has 134 valence electrons. The van der Waals surface area contributed by atoms with Crippen molar-refractivity contribution in [2.75, 3.05) is 0 Å². The second-order valence-electron chi connectivity index (χ2n) is 6.58. The zero-order chi connectivity index (χ0) is 19.8. The summed E-state index contributed by atoms with van der Waals surface area (Å²) in [6, 6.07) is 13.9. The summed E-state index contributed by atoms with van der Waals surface area (Å²) in [5.41, 5.74) is 0.531. The van der Waals surface area contributed by atoms with E-state index in [1.165, 1.54) is 0 Å². The van der Waals surface area contributed by atoms with Crippen molar-refractivity contribution in [1.82, 2.24) is 4.98 Å². The van der Waals surface area contributed by atoms with Crippen LogP contribution in [0.3, 0.4) is 0 Å². The number of hydrogen-bond acceptors (Lipinski definition) is 5. The van der Waals surface area contributed by atoms with Crippen molar-refractivity contribution in [1.29, 1.82) is 5.26 Å². The molecule has 0 fully saturated rings. The lowest BCUT2D eigenvalue weighted by Crippen LogP contribution is -2.14. The summed E-state index contributed by atoms with van der Waals surface area (Å²) in [6.07, 6.45) is 1.11. The highest BCUT2D eigenvalue weighted by Gasteiger charge is 2.26. The van der Waals surface area contributed by atoms with Crippen molar-refractivity contribution in [3.8, 4) is 6.07 Å². The molecule has 0 aliphatic rings. The minimum atomic E-state index is -0.693. The first kappa shape index (κ1) is 18.7. The van der Waals surface area contributed by atoms with Crippen molar-refractivity contribution in [2.45, 2.75) is 19.3 Å². The third-order valence-electron chi connectivity index (χ3n) is 4.38. The fourth-order valence-corrected chi connectivity index (χ4v) is 3.14. The van der Waals surface area contributed by atoms with Gasteiger partial charge in [-0.05, 0) is 37.6 Å². The number of nitrogens with zero attached hydrogens (tertiary/aromatic N) is 3. The topological polar surface area (TPSA) is 96.9 Å². The summed E-state index contributed by atoms with van der Waals surface area (Å²) in [4.78, 5) is 28.1. The molecule has 1 heterocycles. The van der Waals surface area contributed by atoms with E-state index in [0.29, 0.717) is 20.9 Å². The van der Waals surface area contributed by atoms with Crippen molar-refractivity contribution in [3.05, 3.63) is 79.9 Å². The van der Waals surface area contributed by atoms with E-state index in [0.717, 1.165) is 11.8 Å². The van der Waals surface area contributed by atoms with Gasteiger partial charge >= 0.3 is 0 Å². The molecule has 2 aromatic carbocycles. The number of carbonyl (C=O) groups excluding carboxylic acids is 1. The van der Waals surface area contributed by atoms with Crippen LogP contribution in [0.4, 0.5) is 5.69 Å². The molecule has 27 heavy (non-hydrogen) atoms. The number of ketones is 1. The maximum Gasteiger partial charge on any atom is 0.299 e. The summed E-state index contributed by atoms with van der Waals surface area (Å²) in [6.45, 7) is 3.56. The molecule has 0 atom stereocenters. The van der Waals surface area contributed by atoms with Crippen LogP contribution >= 0.6 is 15.9 Å². The molecule has 1 aromatic heterocycles. The van der Waals surface area contributed by atoms with Crippen molar-refractivity contribution in [2.24, 2.45) is 0 Å². The van der Waals surface area contributed by atoms with E-state index >= 15 is 0 Å². The minimum absolute atomic E-state index is 0.00130. The Labute approximate surface area is 163 Å². The summed E-state index contributed by atoms with van der Waals surface area (Å²) < 4.78 is 0.692. The summed E-state index contributed by atoms with van der Waals surface area (Å²) in [5, 5.41) is 21.1. The highest BCUT2D eigenvalue weighted by atomic mass is 79.9. The van der Waals surface area contributed by atoms with E-state index in [2.05, 4.69) is 27.0 Å². The van der Waals surface area contributed by atoms with Crippen molar-refractivity contribution >= 4 is 38.3 Å². The van der Waals surface area contributed by atoms with Crippen LogP contribution in [0.25, 0.3) is 10.9 Å². The van der Waals surface area contributed by atoms with Crippen LogP contribution in [0.15, 0.2) is 53.1 Å². The fraction of sp³-hybridized carbons (Fsp3) is 0.150. The van der Waals surface area contributed by atoms with Crippen LogP contribution in [0.5, 0.6) is 0 Å². The largest absolute Gasteiger partial charge is 0.299 e. The average molecular weight is 424 g/mol. The zero-order valence-electron chi connectivity index (χ0n) is 14.6. The number of fused-ring (bicyclic) bond motifs is 1. The van der Waals surface area contributed by atoms with Gasteiger partial charge in [0, 0.05) is 15.4 Å². The third-order valence-corrected chi connectivity index (χ3v) is 4.88. The Bertz CT molecular complexity index is 1120. The lowest BCUT2D eigenvalue weighted by atomic mass is 9.85. The van der Waals surface area contributed by atoms with Crippen LogP contribution in [-0.2, 0) is 5.41 Å². The number of nitro groups is 1. The van der Waals surface area contributed by atoms with Crippen LogP contribution in [0.2, 0.25) is 0 Å². The number of hydrogen-bond donors (Lipinski definition) is 0. The molecule has 0 unspecified atom stereocenters. The number of aromatic nitrogens is 1. The molecule has 0 radical (unpaired) electrons. The Kier molecular flexibility index (Phi) is 4.77. The quantitative estimate of drug-likeness (QED) is 0.336. The predicted molar refractivity (Wildman–Crippen MR) is 105 cm³/mol. The molecule has 0 N–H and O–H groups in total. The highest BCUT2D eigenvalue weighted by molar-refractivity contribution is 9.10. The maximum absolute atomic E-state index is 13.1. The number of rotatable bonds is 4. The van der Waals surface area contributed by atoms with Gasteiger partial charge in [0.1, 0.15) is 11.8 Å². The van der Waals surface area contributed by atoms with E-state index in [1.54, 1.807) is 56.3 Å². The lowest BCUT2D eigenvalue weighted by molar-refractivity contribution is -0.385. The third kappa shape index (κ3) is 3.44. The molecule has 0 aliphatic heterocycles. The van der Waals surface area contributed by atoms with Crippen LogP contribution in [0, 0.1) is 21.4 Å². The van der Waals surface area contributed by atoms with Crippen molar-refractivity contribution in [3.63, 3.8) is 0 Å². The van der Waals surface area contributed by atoms with Crippen LogP contribution < -0.4 is 0 Å². The monoisotopic (exact) mass is 423 g/mol. The lowest BCUT2D eigenvalue weighted by Gasteiger charge is -2.16. The zero-order valence-corrected chi connectivity index (χ0v) is 16.1. The Balaban J connectivity index is 2.18. The Hall–Kier alpha value is -3.11. The normalized spacial score (nSPS) is 11.2. The molecule has 0 saturated carbocycles. The molecular weight excluding hydrogens is 410 g/mol. The SMILES string of the molecule is CC(C)(C#N)c1ccc(C(=O)c2c([N+](=O)[O-])cnc3ccc(Br)cc23)cc1. The molecular formula is C20H14BrN3O3. The molecule has 0 bridgehead atoms. The number of carbonyl (C=O) groups is 1. The van der Waals surface area contributed by atoms with Crippen molar-refractivity contribution < 1.29 is 9.72 Å². The fourth-order valence-electron chi connectivity index (χ4n) is 2.78. The first-order valence-electron chi connectivity index (χ1n) is 8.04. The molecule has 0 saturated heterocycles. The molecule has 3 aromatic rings. The standard InChI is InChI=1S/C20H14BrN3O3/c1-20(2,11-22)13-5-3-12(4-6-13)19(25)18-15-9-14(21)7-8-16(15)23-10-17(18)24(26)27/h3-10H,1-2H3. The van der Waals surface area contributed by atoms with Gasteiger partial charge in [0.15, 0.2) is 0 Å². The number of halogens is 1. The number of pyridine rings is 1. The second-order valence-corrected chi connectivity index (χ2v) is 7.50. The van der Waals surface area contributed by atoms with Gasteiger partial charge in [0.05, 0.1) is 21.9 Å². The highest BCUT2D eigenvalue weighted by Crippen LogP contribution is 2.31. The molecule has 0 aliphatic carbocycles. The van der Waals surface area contributed by atoms with Gasteiger partial charge in [-0.25, -0.2) is 4.98 Å². The van der Waals surface area contributed by atoms with Crippen LogP contribution in [0.1, 0.15) is 35.3 Å². The average Bonchev–Trinajstić information content (AvgIpc) is 2.66. The molecule has 3 rings (SSSR count). The maximum atomic E-state index is 13.1. The van der Waals surface area contributed by atoms with Gasteiger partial charge in [-0.3, -0.25) is 14.9 Å². The van der Waals surface area contributed by atoms with E-state index in [9.17, 15) is 20.2 Å². The molecule has 6 nitrogen and oxygen atoms in total. The molecule has 0 spiro atoms. The molecule has 0 amide bonds. The first-order valence-corrected chi connectivity index (χ1v) is 8.83. The van der Waals surface area contributed by atoms with Crippen LogP contribution in [-0.4, -0.2) is 15.7 Å². The second kappa shape index (κ2) is 6.89. The Morgan fingerprint density at radius 1 is 1.22 bits per heavy atom. The van der Waals surface area contributed by atoms with Gasteiger partial charge in [0.2, 0.25) is 5.78 Å². The van der Waals surface area contributed by atoms with E-state index in [-0.39, 0.29) is 11.3 Å². The minimum Gasteiger partial charge on any atom is -0.288 e. The van der Waals surface area contributed by atoms with Gasteiger partial charge in [0.25, 0.3) is 5.69 Å². The summed E-state index contributed by atoms with van der Waals surface area (Å²) in [7, 11) is 0. The van der Waals surface area contributed by atoms with E-state index in [1.807, 2.05) is 0 Å². The summed E-state index contributed by atoms with van der Waals surface area (Å²) in [5.74, 6) is -0.464. The van der Waals surface area contributed by atoms with Gasteiger partial charge in [-0.15, -0.1) is 0 Å². The Morgan fingerprint density at radius 2 is 1.89 bits per heavy atom. The molecule has 7 heteroatoms. The number of benzene rings is 2. The van der Waals surface area contributed by atoms with E-state index in [4.69, 9.17) is 0 Å². The Morgan fingerprint density at radius 3 is 2.48 bits per heavy atom. The van der Waals surface area contributed by atoms with Gasteiger partial charge in [-0.2, -0.15) is 5.26 Å².